The molecule has 0 unspecified atom stereocenters. The number of fused-ring (bicyclic) bond motifs is 1. The summed E-state index contributed by atoms with van der Waals surface area (Å²) >= 11 is 13.2. The lowest BCUT2D eigenvalue weighted by Crippen LogP contribution is -2.39. The maximum Gasteiger partial charge on any atom is 0.263 e. The number of nitrogens with one attached hydrogen (secondary N) is 1. The summed E-state index contributed by atoms with van der Waals surface area (Å²) in [5.74, 6) is 0.574. The summed E-state index contributed by atoms with van der Waals surface area (Å²) in [4.78, 5) is 19.4. The van der Waals surface area contributed by atoms with Crippen LogP contribution in [0.15, 0.2) is 85.5 Å². The van der Waals surface area contributed by atoms with E-state index in [2.05, 4.69) is 14.9 Å². The zero-order chi connectivity index (χ0) is 24.9. The number of rotatable bonds is 7. The Morgan fingerprint density at radius 1 is 1.03 bits per heavy atom. The number of benzene rings is 2. The molecule has 0 aliphatic carbocycles. The van der Waals surface area contributed by atoms with Crippen molar-refractivity contribution in [2.75, 3.05) is 23.3 Å². The number of nitrogens with zero attached hydrogens (tertiary/aromatic N) is 3. The Morgan fingerprint density at radius 3 is 2.72 bits per heavy atom. The van der Waals surface area contributed by atoms with E-state index in [0.29, 0.717) is 40.2 Å². The lowest BCUT2D eigenvalue weighted by molar-refractivity contribution is -0.697. The Labute approximate surface area is 220 Å². The van der Waals surface area contributed by atoms with Crippen molar-refractivity contribution in [3.05, 3.63) is 107 Å². The van der Waals surface area contributed by atoms with Gasteiger partial charge in [-0.3, -0.25) is 9.78 Å². The average Bonchev–Trinajstić information content (AvgIpc) is 2.91. The molecule has 1 aliphatic rings. The van der Waals surface area contributed by atoms with E-state index in [1.165, 1.54) is 6.20 Å². The fraction of sp³-hybridized carbons (Fsp3) is 0.179. The molecule has 6 nitrogen and oxygen atoms in total. The van der Waals surface area contributed by atoms with Crippen LogP contribution >= 0.6 is 23.2 Å². The van der Waals surface area contributed by atoms with Gasteiger partial charge in [-0.25, -0.2) is 4.57 Å². The molecular formula is C28H25Cl2N4O2+. The van der Waals surface area contributed by atoms with Crippen LogP contribution in [0, 0.1) is 0 Å². The number of carbonyl (C=O) groups is 1. The number of amides is 1. The number of hydrogen-bond donors (Lipinski definition) is 1. The fourth-order valence-corrected chi connectivity index (χ4v) is 4.74. The lowest BCUT2D eigenvalue weighted by atomic mass is 10.1. The van der Waals surface area contributed by atoms with Crippen LogP contribution < -0.4 is 19.5 Å². The van der Waals surface area contributed by atoms with Gasteiger partial charge in [-0.15, -0.1) is 0 Å². The number of pyridine rings is 2. The van der Waals surface area contributed by atoms with Crippen LogP contribution in [0.25, 0.3) is 0 Å². The molecule has 2 aromatic carbocycles. The number of aryl methyl sites for hydroxylation is 2. The first-order chi connectivity index (χ1) is 17.6. The second-order valence-corrected chi connectivity index (χ2v) is 9.28. The van der Waals surface area contributed by atoms with E-state index >= 15 is 0 Å². The first kappa shape index (κ1) is 24.1. The first-order valence-corrected chi connectivity index (χ1v) is 12.5. The molecule has 0 bridgehead atoms. The Balaban J connectivity index is 1.34. The molecule has 0 radical (unpaired) electrons. The summed E-state index contributed by atoms with van der Waals surface area (Å²) in [6, 6.07) is 19.0. The minimum absolute atomic E-state index is 0.190. The molecule has 0 spiro atoms. The van der Waals surface area contributed by atoms with Gasteiger partial charge in [0.2, 0.25) is 0 Å². The molecule has 3 heterocycles. The summed E-state index contributed by atoms with van der Waals surface area (Å²) in [5.41, 5.74) is 3.04. The molecule has 4 aromatic rings. The smallest absolute Gasteiger partial charge is 0.263 e. The van der Waals surface area contributed by atoms with Crippen molar-refractivity contribution >= 4 is 40.5 Å². The summed E-state index contributed by atoms with van der Waals surface area (Å²) in [6.07, 6.45) is 8.88. The highest BCUT2D eigenvalue weighted by molar-refractivity contribution is 6.34. The first-order valence-electron chi connectivity index (χ1n) is 11.8. The number of halogens is 2. The van der Waals surface area contributed by atoms with Gasteiger partial charge in [0.25, 0.3) is 5.91 Å². The van der Waals surface area contributed by atoms with Crippen molar-refractivity contribution in [2.24, 2.45) is 0 Å². The maximum atomic E-state index is 13.5. The van der Waals surface area contributed by atoms with Crippen molar-refractivity contribution < 1.29 is 14.1 Å². The summed E-state index contributed by atoms with van der Waals surface area (Å²) in [5, 5.41) is 4.33. The molecule has 0 fully saturated rings. The topological polar surface area (TPSA) is 58.3 Å². The highest BCUT2D eigenvalue weighted by Crippen LogP contribution is 2.37. The highest BCUT2D eigenvalue weighted by atomic mass is 35.5. The zero-order valence-corrected chi connectivity index (χ0v) is 21.0. The number of para-hydroxylation sites is 2. The minimum atomic E-state index is -0.190. The molecule has 0 atom stereocenters. The van der Waals surface area contributed by atoms with Crippen LogP contribution in [0.2, 0.25) is 10.0 Å². The largest absolute Gasteiger partial charge is 0.455 e. The van der Waals surface area contributed by atoms with Crippen LogP contribution in [0.1, 0.15) is 22.3 Å². The number of hydrogen-bond acceptors (Lipinski definition) is 4. The van der Waals surface area contributed by atoms with Crippen molar-refractivity contribution in [3.63, 3.8) is 0 Å². The van der Waals surface area contributed by atoms with Crippen LogP contribution in [0.5, 0.6) is 11.5 Å². The molecule has 1 amide bonds. The minimum Gasteiger partial charge on any atom is -0.455 e. The van der Waals surface area contributed by atoms with Crippen molar-refractivity contribution in [1.29, 1.82) is 0 Å². The van der Waals surface area contributed by atoms with E-state index in [1.54, 1.807) is 23.2 Å². The summed E-state index contributed by atoms with van der Waals surface area (Å²) < 4.78 is 8.26. The molecule has 0 saturated carbocycles. The van der Waals surface area contributed by atoms with Gasteiger partial charge in [0.05, 0.1) is 16.4 Å². The molecule has 36 heavy (non-hydrogen) atoms. The zero-order valence-electron chi connectivity index (χ0n) is 19.5. The quantitative estimate of drug-likeness (QED) is 0.296. The summed E-state index contributed by atoms with van der Waals surface area (Å²) in [6.45, 7) is 2.07. The van der Waals surface area contributed by atoms with Gasteiger partial charge in [0.1, 0.15) is 23.6 Å². The van der Waals surface area contributed by atoms with Crippen LogP contribution in [0.4, 0.5) is 11.4 Å². The van der Waals surface area contributed by atoms with Gasteiger partial charge in [0.15, 0.2) is 12.4 Å². The summed E-state index contributed by atoms with van der Waals surface area (Å²) in [7, 11) is 0. The molecule has 0 saturated heterocycles. The maximum absolute atomic E-state index is 13.5. The lowest BCUT2D eigenvalue weighted by Gasteiger charge is -2.30. The van der Waals surface area contributed by atoms with Gasteiger partial charge in [-0.1, -0.05) is 41.4 Å². The molecule has 5 rings (SSSR count). The molecule has 8 heteroatoms. The van der Waals surface area contributed by atoms with E-state index in [0.717, 1.165) is 36.3 Å². The van der Waals surface area contributed by atoms with Gasteiger partial charge < -0.3 is 15.0 Å². The molecule has 182 valence electrons. The Bertz CT molecular complexity index is 1380. The van der Waals surface area contributed by atoms with Gasteiger partial charge in [0, 0.05) is 55.1 Å². The van der Waals surface area contributed by atoms with Gasteiger partial charge in [-0.2, -0.15) is 0 Å². The molecular weight excluding hydrogens is 495 g/mol. The van der Waals surface area contributed by atoms with E-state index in [9.17, 15) is 4.79 Å². The standard InChI is InChI=1S/C28H25Cl2N4O2/c29-22-18-27(23(30)17-20(22)7-6-15-33-13-4-1-5-14-33)36-26-10-11-31-19-21(26)28(35)34-16-12-32-24-8-2-3-9-25(24)34/h1-5,8-11,13-14,17-19,32H,6-7,12,15-16H2/q+1. The van der Waals surface area contributed by atoms with E-state index in [4.69, 9.17) is 27.9 Å². The van der Waals surface area contributed by atoms with E-state index < -0.39 is 0 Å². The SMILES string of the molecule is O=C(c1cnccc1Oc1cc(Cl)c(CCC[n+]2ccccc2)cc1Cl)N1CCNc2ccccc21. The number of anilines is 2. The van der Waals surface area contributed by atoms with Crippen LogP contribution in [0.3, 0.4) is 0 Å². The third-order valence-electron chi connectivity index (χ3n) is 6.06. The molecule has 1 aliphatic heterocycles. The predicted octanol–water partition coefficient (Wildman–Crippen LogP) is 6.17. The van der Waals surface area contributed by atoms with Crippen molar-refractivity contribution in [1.82, 2.24) is 4.98 Å². The second-order valence-electron chi connectivity index (χ2n) is 8.47. The second kappa shape index (κ2) is 11.0. The van der Waals surface area contributed by atoms with Crippen LogP contribution in [-0.4, -0.2) is 24.0 Å². The Kier molecular flexibility index (Phi) is 7.35. The third kappa shape index (κ3) is 5.30. The molecule has 2 aromatic heterocycles. The third-order valence-corrected chi connectivity index (χ3v) is 6.71. The predicted molar refractivity (Wildman–Crippen MR) is 142 cm³/mol. The van der Waals surface area contributed by atoms with Crippen LogP contribution in [-0.2, 0) is 13.0 Å². The van der Waals surface area contributed by atoms with Crippen molar-refractivity contribution in [2.45, 2.75) is 19.4 Å². The van der Waals surface area contributed by atoms with Gasteiger partial charge in [-0.05, 0) is 36.2 Å². The van der Waals surface area contributed by atoms with Gasteiger partial charge >= 0.3 is 0 Å². The number of ether oxygens (including phenoxy) is 1. The average molecular weight is 520 g/mol. The van der Waals surface area contributed by atoms with E-state index in [-0.39, 0.29) is 5.91 Å². The van der Waals surface area contributed by atoms with E-state index in [1.807, 2.05) is 60.9 Å². The normalized spacial score (nSPS) is 12.6. The molecule has 1 N–H and O–H groups in total. The highest BCUT2D eigenvalue weighted by Gasteiger charge is 2.26. The monoisotopic (exact) mass is 519 g/mol. The Morgan fingerprint density at radius 2 is 1.86 bits per heavy atom. The number of aromatic nitrogens is 2. The fourth-order valence-electron chi connectivity index (χ4n) is 4.26. The number of carbonyl (C=O) groups excluding carboxylic acids is 1. The Hall–Kier alpha value is -3.61. The van der Waals surface area contributed by atoms with Crippen molar-refractivity contribution in [3.8, 4) is 11.5 Å².